The number of nitrogens with zero attached hydrogens (tertiary/aromatic N) is 1. The van der Waals surface area contributed by atoms with Gasteiger partial charge in [0.05, 0.1) is 12.0 Å². The van der Waals surface area contributed by atoms with Crippen molar-refractivity contribution in [1.82, 2.24) is 4.31 Å². The number of hydrogen-bond donors (Lipinski definition) is 1. The van der Waals surface area contributed by atoms with Crippen molar-refractivity contribution in [3.63, 3.8) is 0 Å². The van der Waals surface area contributed by atoms with Crippen LogP contribution in [0.15, 0.2) is 17.0 Å². The molecule has 1 fully saturated rings. The Hall–Kier alpha value is -1.11. The second-order valence-corrected chi connectivity index (χ2v) is 6.91. The van der Waals surface area contributed by atoms with Gasteiger partial charge in [-0.15, -0.1) is 0 Å². The van der Waals surface area contributed by atoms with Gasteiger partial charge in [0.2, 0.25) is 10.0 Å². The Labute approximate surface area is 114 Å². The molecule has 1 saturated heterocycles. The zero-order valence-corrected chi connectivity index (χ0v) is 12.3. The average Bonchev–Trinajstić information content (AvgIpc) is 2.79. The van der Waals surface area contributed by atoms with Crippen LogP contribution in [0.5, 0.6) is 5.75 Å². The van der Waals surface area contributed by atoms with Gasteiger partial charge in [-0.05, 0) is 43.5 Å². The van der Waals surface area contributed by atoms with Gasteiger partial charge < -0.3 is 10.5 Å². The quantitative estimate of drug-likeness (QED) is 0.900. The smallest absolute Gasteiger partial charge is 0.243 e. The van der Waals surface area contributed by atoms with E-state index in [0.717, 1.165) is 5.56 Å². The second-order valence-electron chi connectivity index (χ2n) is 5.00. The molecule has 2 rings (SSSR count). The number of sulfonamides is 1. The Balaban J connectivity index is 2.44. The minimum atomic E-state index is -3.45. The predicted molar refractivity (Wildman–Crippen MR) is 73.8 cm³/mol. The Morgan fingerprint density at radius 3 is 2.53 bits per heavy atom. The fraction of sp³-hybridized carbons (Fsp3) is 0.538. The summed E-state index contributed by atoms with van der Waals surface area (Å²) in [4.78, 5) is 0.347. The molecule has 5 nitrogen and oxygen atoms in total. The van der Waals surface area contributed by atoms with Gasteiger partial charge in [0, 0.05) is 19.1 Å². The third-order valence-corrected chi connectivity index (χ3v) is 5.50. The highest BCUT2D eigenvalue weighted by Gasteiger charge is 2.32. The van der Waals surface area contributed by atoms with E-state index in [1.54, 1.807) is 26.2 Å². The molecule has 0 bridgehead atoms. The van der Waals surface area contributed by atoms with E-state index in [4.69, 9.17) is 10.5 Å². The first-order valence-corrected chi connectivity index (χ1v) is 7.71. The molecule has 1 atom stereocenters. The van der Waals surface area contributed by atoms with Gasteiger partial charge in [0.15, 0.2) is 0 Å². The number of ether oxygens (including phenoxy) is 1. The van der Waals surface area contributed by atoms with Crippen LogP contribution in [0.25, 0.3) is 0 Å². The number of benzene rings is 1. The summed E-state index contributed by atoms with van der Waals surface area (Å²) in [6, 6.07) is 3.38. The summed E-state index contributed by atoms with van der Waals surface area (Å²) in [7, 11) is -1.87. The van der Waals surface area contributed by atoms with Crippen molar-refractivity contribution in [3.05, 3.63) is 23.3 Å². The maximum atomic E-state index is 12.6. The van der Waals surface area contributed by atoms with Gasteiger partial charge in [-0.1, -0.05) is 0 Å². The Kier molecular flexibility index (Phi) is 3.85. The third kappa shape index (κ3) is 2.61. The van der Waals surface area contributed by atoms with Crippen molar-refractivity contribution in [2.45, 2.75) is 31.2 Å². The van der Waals surface area contributed by atoms with E-state index in [2.05, 4.69) is 0 Å². The Morgan fingerprint density at radius 1 is 1.32 bits per heavy atom. The van der Waals surface area contributed by atoms with Crippen molar-refractivity contribution in [2.75, 3.05) is 20.2 Å². The van der Waals surface area contributed by atoms with Crippen molar-refractivity contribution in [2.24, 2.45) is 5.73 Å². The first kappa shape index (κ1) is 14.3. The summed E-state index contributed by atoms with van der Waals surface area (Å²) < 4.78 is 31.8. The predicted octanol–water partition coefficient (Wildman–Crippen LogP) is 1.03. The van der Waals surface area contributed by atoms with Crippen molar-refractivity contribution in [1.29, 1.82) is 0 Å². The van der Waals surface area contributed by atoms with E-state index in [-0.39, 0.29) is 6.04 Å². The molecular weight excluding hydrogens is 264 g/mol. The van der Waals surface area contributed by atoms with Gasteiger partial charge in [-0.2, -0.15) is 4.31 Å². The summed E-state index contributed by atoms with van der Waals surface area (Å²) in [6.45, 7) is 4.51. The van der Waals surface area contributed by atoms with Gasteiger partial charge in [-0.25, -0.2) is 8.42 Å². The SMILES string of the molecule is COc1cc(C)c(S(=O)(=O)N2CC[C@@H](N)C2)cc1C. The standard InChI is InChI=1S/C13H20N2O3S/c1-9-7-13(10(2)6-12(9)18-3)19(16,17)15-5-4-11(14)8-15/h6-7,11H,4-5,8,14H2,1-3H3/t11-/m1/s1. The van der Waals surface area contributed by atoms with E-state index in [1.807, 2.05) is 6.92 Å². The van der Waals surface area contributed by atoms with Crippen LogP contribution < -0.4 is 10.5 Å². The lowest BCUT2D eigenvalue weighted by Gasteiger charge is -2.18. The molecule has 0 spiro atoms. The summed E-state index contributed by atoms with van der Waals surface area (Å²) in [5.41, 5.74) is 7.30. The highest BCUT2D eigenvalue weighted by atomic mass is 32.2. The molecule has 0 aromatic heterocycles. The zero-order chi connectivity index (χ0) is 14.2. The minimum absolute atomic E-state index is 0.0607. The fourth-order valence-corrected chi connectivity index (χ4v) is 4.18. The van der Waals surface area contributed by atoms with Crippen molar-refractivity contribution >= 4 is 10.0 Å². The lowest BCUT2D eigenvalue weighted by molar-refractivity contribution is 0.410. The maximum absolute atomic E-state index is 12.6. The molecule has 0 saturated carbocycles. The number of aryl methyl sites for hydroxylation is 2. The fourth-order valence-electron chi connectivity index (χ4n) is 2.37. The topological polar surface area (TPSA) is 72.6 Å². The van der Waals surface area contributed by atoms with Gasteiger partial charge in [-0.3, -0.25) is 0 Å². The first-order valence-electron chi connectivity index (χ1n) is 6.27. The number of methoxy groups -OCH3 is 1. The van der Waals surface area contributed by atoms with Crippen LogP contribution in [0.2, 0.25) is 0 Å². The Morgan fingerprint density at radius 2 is 2.00 bits per heavy atom. The molecule has 6 heteroatoms. The van der Waals surface area contributed by atoms with E-state index in [1.165, 1.54) is 4.31 Å². The van der Waals surface area contributed by atoms with Crippen LogP contribution in [0, 0.1) is 13.8 Å². The lowest BCUT2D eigenvalue weighted by atomic mass is 10.1. The zero-order valence-electron chi connectivity index (χ0n) is 11.5. The second kappa shape index (κ2) is 5.11. The molecule has 2 N–H and O–H groups in total. The molecule has 0 amide bonds. The minimum Gasteiger partial charge on any atom is -0.496 e. The molecule has 0 radical (unpaired) electrons. The summed E-state index contributed by atoms with van der Waals surface area (Å²) in [5.74, 6) is 0.703. The van der Waals surface area contributed by atoms with Crippen LogP contribution >= 0.6 is 0 Å². The van der Waals surface area contributed by atoms with Gasteiger partial charge >= 0.3 is 0 Å². The largest absolute Gasteiger partial charge is 0.496 e. The molecule has 0 aliphatic carbocycles. The normalized spacial score (nSPS) is 20.7. The highest BCUT2D eigenvalue weighted by molar-refractivity contribution is 7.89. The molecule has 1 aliphatic rings. The van der Waals surface area contributed by atoms with Crippen LogP contribution in [0.3, 0.4) is 0 Å². The van der Waals surface area contributed by atoms with Crippen LogP contribution in [-0.2, 0) is 10.0 Å². The molecule has 106 valence electrons. The van der Waals surface area contributed by atoms with Crippen molar-refractivity contribution in [3.8, 4) is 5.75 Å². The van der Waals surface area contributed by atoms with Crippen LogP contribution in [-0.4, -0.2) is 39.0 Å². The van der Waals surface area contributed by atoms with Crippen LogP contribution in [0.1, 0.15) is 17.5 Å². The lowest BCUT2D eigenvalue weighted by Crippen LogP contribution is -2.32. The Bertz CT molecular complexity index is 584. The molecule has 1 aromatic rings. The van der Waals surface area contributed by atoms with E-state index >= 15 is 0 Å². The van der Waals surface area contributed by atoms with E-state index in [9.17, 15) is 8.42 Å². The molecule has 1 aromatic carbocycles. The molecule has 0 unspecified atom stereocenters. The molecular formula is C13H20N2O3S. The third-order valence-electron chi connectivity index (χ3n) is 3.50. The van der Waals surface area contributed by atoms with E-state index in [0.29, 0.717) is 35.7 Å². The van der Waals surface area contributed by atoms with Crippen molar-refractivity contribution < 1.29 is 13.2 Å². The first-order chi connectivity index (χ1) is 8.86. The number of hydrogen-bond acceptors (Lipinski definition) is 4. The molecule has 1 heterocycles. The van der Waals surface area contributed by atoms with Gasteiger partial charge in [0.25, 0.3) is 0 Å². The number of rotatable bonds is 3. The van der Waals surface area contributed by atoms with Crippen LogP contribution in [0.4, 0.5) is 0 Å². The summed E-state index contributed by atoms with van der Waals surface area (Å²) >= 11 is 0. The monoisotopic (exact) mass is 284 g/mol. The molecule has 1 aliphatic heterocycles. The number of nitrogens with two attached hydrogens (primary N) is 1. The summed E-state index contributed by atoms with van der Waals surface area (Å²) in [5, 5.41) is 0. The maximum Gasteiger partial charge on any atom is 0.243 e. The summed E-state index contributed by atoms with van der Waals surface area (Å²) in [6.07, 6.45) is 0.716. The highest BCUT2D eigenvalue weighted by Crippen LogP contribution is 2.29. The average molecular weight is 284 g/mol. The van der Waals surface area contributed by atoms with E-state index < -0.39 is 10.0 Å². The molecule has 19 heavy (non-hydrogen) atoms. The van der Waals surface area contributed by atoms with Gasteiger partial charge in [0.1, 0.15) is 5.75 Å².